The van der Waals surface area contributed by atoms with Gasteiger partial charge in [0.2, 0.25) is 15.9 Å². The zero-order valence-corrected chi connectivity index (χ0v) is 18.8. The summed E-state index contributed by atoms with van der Waals surface area (Å²) in [5.41, 5.74) is 2.16. The number of halogens is 1. The van der Waals surface area contributed by atoms with Gasteiger partial charge >= 0.3 is 0 Å². The Bertz CT molecular complexity index is 978. The van der Waals surface area contributed by atoms with Crippen molar-refractivity contribution in [2.45, 2.75) is 39.8 Å². The van der Waals surface area contributed by atoms with Crippen LogP contribution in [0.15, 0.2) is 42.5 Å². The van der Waals surface area contributed by atoms with Crippen LogP contribution >= 0.6 is 11.6 Å². The molecule has 0 saturated heterocycles. The van der Waals surface area contributed by atoms with E-state index in [1.165, 1.54) is 0 Å². The molecular weight excluding hydrogens is 412 g/mol. The third-order valence-electron chi connectivity index (χ3n) is 4.47. The minimum absolute atomic E-state index is 0.262. The van der Waals surface area contributed by atoms with Crippen molar-refractivity contribution in [3.63, 3.8) is 0 Å². The van der Waals surface area contributed by atoms with Crippen LogP contribution in [0.5, 0.6) is 5.75 Å². The predicted molar refractivity (Wildman–Crippen MR) is 117 cm³/mol. The number of ether oxygens (including phenoxy) is 1. The number of para-hydroxylation sites is 1. The van der Waals surface area contributed by atoms with E-state index in [2.05, 4.69) is 5.32 Å². The molecule has 2 aromatic rings. The highest BCUT2D eigenvalue weighted by molar-refractivity contribution is 7.92. The van der Waals surface area contributed by atoms with Gasteiger partial charge in [-0.3, -0.25) is 9.10 Å². The van der Waals surface area contributed by atoms with Crippen molar-refractivity contribution < 1.29 is 17.9 Å². The Labute approximate surface area is 177 Å². The van der Waals surface area contributed by atoms with Gasteiger partial charge in [0.1, 0.15) is 18.4 Å². The fourth-order valence-electron chi connectivity index (χ4n) is 2.87. The quantitative estimate of drug-likeness (QED) is 0.681. The molecule has 0 unspecified atom stereocenters. The smallest absolute Gasteiger partial charge is 0.243 e. The van der Waals surface area contributed by atoms with Gasteiger partial charge in [-0.05, 0) is 57.0 Å². The van der Waals surface area contributed by atoms with E-state index in [0.29, 0.717) is 10.7 Å². The highest BCUT2D eigenvalue weighted by Gasteiger charge is 2.30. The maximum atomic E-state index is 12.7. The Morgan fingerprint density at radius 2 is 1.79 bits per heavy atom. The summed E-state index contributed by atoms with van der Waals surface area (Å²) in [6.07, 6.45) is 1.06. The molecular formula is C21H27ClN2O4S. The van der Waals surface area contributed by atoms with Crippen molar-refractivity contribution in [3.05, 3.63) is 58.6 Å². The molecule has 0 fully saturated rings. The fourth-order valence-corrected chi connectivity index (χ4v) is 4.21. The zero-order chi connectivity index (χ0) is 21.8. The molecule has 2 rings (SSSR count). The van der Waals surface area contributed by atoms with Crippen molar-refractivity contribution in [2.75, 3.05) is 17.2 Å². The third-order valence-corrected chi connectivity index (χ3v) is 6.12. The van der Waals surface area contributed by atoms with Crippen LogP contribution in [0.25, 0.3) is 0 Å². The van der Waals surface area contributed by atoms with E-state index in [1.807, 2.05) is 38.1 Å². The van der Waals surface area contributed by atoms with Crippen molar-refractivity contribution in [3.8, 4) is 5.75 Å². The number of amides is 1. The lowest BCUT2D eigenvalue weighted by atomic mass is 10.2. The third kappa shape index (κ3) is 6.11. The number of sulfonamides is 1. The van der Waals surface area contributed by atoms with Gasteiger partial charge in [-0.1, -0.05) is 35.9 Å². The van der Waals surface area contributed by atoms with Gasteiger partial charge in [-0.15, -0.1) is 0 Å². The fraction of sp³-hybridized carbons (Fsp3) is 0.381. The first kappa shape index (κ1) is 23.0. The Morgan fingerprint density at radius 1 is 1.14 bits per heavy atom. The molecule has 0 spiro atoms. The van der Waals surface area contributed by atoms with Crippen LogP contribution in [0.2, 0.25) is 5.02 Å². The molecule has 158 valence electrons. The minimum Gasteiger partial charge on any atom is -0.491 e. The number of carbonyl (C=O) groups is 1. The first-order valence-corrected chi connectivity index (χ1v) is 11.5. The molecule has 0 saturated carbocycles. The molecule has 0 aromatic heterocycles. The first-order valence-electron chi connectivity index (χ1n) is 9.25. The lowest BCUT2D eigenvalue weighted by Crippen LogP contribution is -2.50. The minimum atomic E-state index is -3.71. The number of rotatable bonds is 8. The van der Waals surface area contributed by atoms with Crippen molar-refractivity contribution in [1.82, 2.24) is 5.32 Å². The van der Waals surface area contributed by atoms with E-state index in [-0.39, 0.29) is 12.6 Å². The molecule has 0 radical (unpaired) electrons. The van der Waals surface area contributed by atoms with E-state index in [9.17, 15) is 13.2 Å². The van der Waals surface area contributed by atoms with Crippen molar-refractivity contribution in [2.24, 2.45) is 0 Å². The molecule has 0 aliphatic rings. The summed E-state index contributed by atoms with van der Waals surface area (Å²) < 4.78 is 31.6. The zero-order valence-electron chi connectivity index (χ0n) is 17.3. The van der Waals surface area contributed by atoms with Crippen LogP contribution in [0, 0.1) is 13.8 Å². The summed E-state index contributed by atoms with van der Waals surface area (Å²) >= 11 is 6.15. The van der Waals surface area contributed by atoms with E-state index >= 15 is 0 Å². The number of hydrogen-bond donors (Lipinski definition) is 1. The van der Waals surface area contributed by atoms with Gasteiger partial charge in [0.15, 0.2) is 0 Å². The van der Waals surface area contributed by atoms with Crippen LogP contribution in [0.1, 0.15) is 25.0 Å². The SMILES string of the molecule is Cc1ccc(N([C@H](C)C(=O)N[C@H](C)COc2ccccc2C)S(C)(=O)=O)cc1Cl. The highest BCUT2D eigenvalue weighted by atomic mass is 35.5. The van der Waals surface area contributed by atoms with Gasteiger partial charge in [0.05, 0.1) is 18.0 Å². The lowest BCUT2D eigenvalue weighted by Gasteiger charge is -2.29. The number of nitrogens with zero attached hydrogens (tertiary/aromatic N) is 1. The molecule has 2 aromatic carbocycles. The molecule has 0 aliphatic heterocycles. The average molecular weight is 439 g/mol. The molecule has 1 amide bonds. The van der Waals surface area contributed by atoms with Gasteiger partial charge in [0.25, 0.3) is 0 Å². The van der Waals surface area contributed by atoms with Crippen LogP contribution in [0.4, 0.5) is 5.69 Å². The summed E-state index contributed by atoms with van der Waals surface area (Å²) in [5, 5.41) is 3.25. The molecule has 2 atom stereocenters. The van der Waals surface area contributed by atoms with E-state index in [0.717, 1.165) is 27.4 Å². The number of anilines is 1. The Balaban J connectivity index is 2.10. The summed E-state index contributed by atoms with van der Waals surface area (Å²) in [4.78, 5) is 12.7. The summed E-state index contributed by atoms with van der Waals surface area (Å²) in [6, 6.07) is 11.2. The van der Waals surface area contributed by atoms with Gasteiger partial charge < -0.3 is 10.1 Å². The van der Waals surface area contributed by atoms with Crippen molar-refractivity contribution in [1.29, 1.82) is 0 Å². The van der Waals surface area contributed by atoms with Crippen LogP contribution in [0.3, 0.4) is 0 Å². The molecule has 0 heterocycles. The monoisotopic (exact) mass is 438 g/mol. The topological polar surface area (TPSA) is 75.7 Å². The normalized spacial score (nSPS) is 13.4. The average Bonchev–Trinajstić information content (AvgIpc) is 2.63. The van der Waals surface area contributed by atoms with Gasteiger partial charge in [0, 0.05) is 5.02 Å². The maximum absolute atomic E-state index is 12.7. The molecule has 0 bridgehead atoms. The second-order valence-corrected chi connectivity index (χ2v) is 9.42. The molecule has 29 heavy (non-hydrogen) atoms. The molecule has 8 heteroatoms. The van der Waals surface area contributed by atoms with Gasteiger partial charge in [-0.2, -0.15) is 0 Å². The Morgan fingerprint density at radius 3 is 2.38 bits per heavy atom. The van der Waals surface area contributed by atoms with Crippen LogP contribution in [-0.4, -0.2) is 39.3 Å². The molecule has 1 N–H and O–H groups in total. The summed E-state index contributed by atoms with van der Waals surface area (Å²) in [7, 11) is -3.71. The van der Waals surface area contributed by atoms with E-state index < -0.39 is 22.0 Å². The first-order chi connectivity index (χ1) is 13.5. The van der Waals surface area contributed by atoms with E-state index in [1.54, 1.807) is 32.0 Å². The summed E-state index contributed by atoms with van der Waals surface area (Å²) in [6.45, 7) is 7.37. The van der Waals surface area contributed by atoms with Crippen LogP contribution < -0.4 is 14.4 Å². The number of aryl methyl sites for hydroxylation is 2. The summed E-state index contributed by atoms with van der Waals surface area (Å²) in [5.74, 6) is 0.321. The maximum Gasteiger partial charge on any atom is 0.243 e. The van der Waals surface area contributed by atoms with Crippen molar-refractivity contribution >= 4 is 33.2 Å². The second-order valence-electron chi connectivity index (χ2n) is 7.15. The standard InChI is InChI=1S/C21H27ClN2O4S/c1-14-10-11-18(12-19(14)22)24(29(5,26)27)17(4)21(25)23-16(3)13-28-20-9-7-6-8-15(20)2/h6-12,16-17H,13H2,1-5H3,(H,23,25)/t16-,17-/m1/s1. The molecule has 6 nitrogen and oxygen atoms in total. The Hall–Kier alpha value is -2.25. The van der Waals surface area contributed by atoms with Crippen LogP contribution in [-0.2, 0) is 14.8 Å². The Kier molecular flexibility index (Phi) is 7.54. The second kappa shape index (κ2) is 9.50. The van der Waals surface area contributed by atoms with E-state index in [4.69, 9.17) is 16.3 Å². The number of hydrogen-bond acceptors (Lipinski definition) is 4. The number of carbonyl (C=O) groups excluding carboxylic acids is 1. The van der Waals surface area contributed by atoms with Gasteiger partial charge in [-0.25, -0.2) is 8.42 Å². The number of benzene rings is 2. The predicted octanol–water partition coefficient (Wildman–Crippen LogP) is 3.70. The number of nitrogens with one attached hydrogen (secondary N) is 1. The lowest BCUT2D eigenvalue weighted by molar-refractivity contribution is -0.122. The molecule has 0 aliphatic carbocycles. The highest BCUT2D eigenvalue weighted by Crippen LogP contribution is 2.26. The largest absolute Gasteiger partial charge is 0.491 e.